The molecule has 2 aliphatic rings. The third kappa shape index (κ3) is 36.3. The zero-order valence-electron chi connectivity index (χ0n) is 40.8. The molecule has 0 saturated heterocycles. The van der Waals surface area contributed by atoms with Gasteiger partial charge in [0.2, 0.25) is 65.2 Å². The number of halogens is 1. The van der Waals surface area contributed by atoms with Crippen LogP contribution in [-0.2, 0) is 89.6 Å². The first kappa shape index (κ1) is 74.8. The van der Waals surface area contributed by atoms with Gasteiger partial charge in [-0.2, -0.15) is 0 Å². The number of amides is 2. The zero-order chi connectivity index (χ0) is 58.6. The number of hydrogen-bond donors (Lipinski definition) is 10. The number of anilines is 6. The van der Waals surface area contributed by atoms with E-state index < -0.39 is 86.2 Å². The molecule has 0 spiro atoms. The van der Waals surface area contributed by atoms with Crippen LogP contribution >= 0.6 is 10.7 Å². The number of urea groups is 1. The molecule has 40 heteroatoms. The van der Waals surface area contributed by atoms with Crippen molar-refractivity contribution < 1.29 is 94.0 Å². The summed E-state index contributed by atoms with van der Waals surface area (Å²) in [4.78, 5) is 29.9. The van der Waals surface area contributed by atoms with Crippen LogP contribution in [0.2, 0.25) is 0 Å². The number of rotatable bonds is 13. The Hall–Kier alpha value is -6.41. The largest absolute Gasteiger partial charge is 0.399 e. The Morgan fingerprint density at radius 3 is 1.62 bits per heavy atom. The molecule has 77 heavy (non-hydrogen) atoms. The number of nitrogens with one attached hydrogen (secondary N) is 6. The molecular formula is C37H54ClN12O19PdS7-. The SMILES string of the molecule is C=C/C(=C\C=C\NS(C)(=O)=O)[N+](=O)[O-].CS(=O)(=O)Cl.CS(=O)(=O)Nc1ccc(N)c(S(N)(=O)=O)c1.CS(=O)(=O)Nc1ccc(N)cc1.CS(=O)(=O)Nc1ccc2c(c1)S(=O)(=O)NC(=O)N2.NC1=CCC([N+](=O)[O-])C=C1.[CH3-].[Pd]. The molecular weight excluding hydrogens is 1280 g/mol. The number of carbonyl (C=O) groups is 1. The van der Waals surface area contributed by atoms with Crippen molar-refractivity contribution in [3.63, 3.8) is 0 Å². The van der Waals surface area contributed by atoms with E-state index >= 15 is 0 Å². The maximum absolute atomic E-state index is 11.7. The van der Waals surface area contributed by atoms with Gasteiger partial charge in [0.25, 0.3) is 15.7 Å². The minimum absolute atomic E-state index is 0. The zero-order valence-corrected chi connectivity index (χ0v) is 48.8. The molecule has 31 nitrogen and oxygen atoms in total. The van der Waals surface area contributed by atoms with Crippen LogP contribution < -0.4 is 51.3 Å². The molecule has 1 aliphatic heterocycles. The molecule has 14 N–H and O–H groups in total. The van der Waals surface area contributed by atoms with Crippen molar-refractivity contribution in [2.45, 2.75) is 22.3 Å². The number of benzene rings is 3. The number of fused-ring (bicyclic) bond motifs is 1. The molecule has 0 radical (unpaired) electrons. The molecule has 3 aromatic carbocycles. The summed E-state index contributed by atoms with van der Waals surface area (Å²) in [5, 5.41) is 27.6. The first-order valence-corrected chi connectivity index (χ1v) is 32.6. The molecule has 1 unspecified atom stereocenters. The van der Waals surface area contributed by atoms with E-state index in [2.05, 4.69) is 36.7 Å². The summed E-state index contributed by atoms with van der Waals surface area (Å²) in [6.45, 7) is 3.23. The van der Waals surface area contributed by atoms with E-state index in [9.17, 15) is 83.9 Å². The molecule has 0 fully saturated rings. The van der Waals surface area contributed by atoms with E-state index in [-0.39, 0.29) is 71.0 Å². The van der Waals surface area contributed by atoms with Crippen molar-refractivity contribution in [2.75, 3.05) is 62.2 Å². The van der Waals surface area contributed by atoms with Crippen molar-refractivity contribution in [3.8, 4) is 0 Å². The van der Waals surface area contributed by atoms with Crippen LogP contribution in [0.1, 0.15) is 6.42 Å². The topological polar surface area (TPSA) is 519 Å². The second kappa shape index (κ2) is 31.7. The van der Waals surface area contributed by atoms with Gasteiger partial charge >= 0.3 is 6.03 Å². The molecule has 1 aliphatic carbocycles. The molecule has 436 valence electrons. The number of nitrogen functional groups attached to an aromatic ring is 2. The summed E-state index contributed by atoms with van der Waals surface area (Å²) in [7, 11) is -20.1. The minimum atomic E-state index is -3.97. The molecule has 0 saturated carbocycles. The van der Waals surface area contributed by atoms with Crippen LogP contribution in [-0.4, -0.2) is 112 Å². The van der Waals surface area contributed by atoms with E-state index in [1.54, 1.807) is 41.1 Å². The molecule has 0 aromatic heterocycles. The normalized spacial score (nSPS) is 14.5. The quantitative estimate of drug-likeness (QED) is 0.0219. The van der Waals surface area contributed by atoms with Crippen molar-refractivity contribution in [1.82, 2.24) is 9.44 Å². The fraction of sp³-hybridized carbons (Fsp3) is 0.189. The van der Waals surface area contributed by atoms with Gasteiger partial charge in [-0.15, -0.1) is 0 Å². The van der Waals surface area contributed by atoms with Gasteiger partial charge in [0.15, 0.2) is 0 Å². The van der Waals surface area contributed by atoms with Gasteiger partial charge in [-0.05, 0) is 78.9 Å². The number of nitrogens with zero attached hydrogens (tertiary/aromatic N) is 2. The summed E-state index contributed by atoms with van der Waals surface area (Å²) < 4.78 is 161. The van der Waals surface area contributed by atoms with Gasteiger partial charge in [-0.1, -0.05) is 12.7 Å². The van der Waals surface area contributed by atoms with Gasteiger partial charge in [0.1, 0.15) is 9.79 Å². The Bertz CT molecular complexity index is 3520. The van der Waals surface area contributed by atoms with Crippen LogP contribution in [0.25, 0.3) is 0 Å². The van der Waals surface area contributed by atoms with Gasteiger partial charge in [-0.25, -0.2) is 73.6 Å². The van der Waals surface area contributed by atoms with Crippen LogP contribution in [0.4, 0.5) is 38.9 Å². The number of primary sulfonamides is 1. The fourth-order valence-electron chi connectivity index (χ4n) is 4.57. The van der Waals surface area contributed by atoms with E-state index in [0.29, 0.717) is 23.5 Å². The monoisotopic (exact) mass is 1340 g/mol. The molecule has 2 amide bonds. The Labute approximate surface area is 464 Å². The number of hydrogen-bond acceptors (Lipinski definition) is 22. The van der Waals surface area contributed by atoms with Gasteiger partial charge in [-0.3, -0.25) is 39.1 Å². The van der Waals surface area contributed by atoms with Crippen LogP contribution in [0.15, 0.2) is 131 Å². The molecule has 5 rings (SSSR count). The predicted octanol–water partition coefficient (Wildman–Crippen LogP) is 1.27. The summed E-state index contributed by atoms with van der Waals surface area (Å²) in [5.41, 5.74) is 17.9. The number of sulfonamides is 6. The Balaban J connectivity index is -0.000000873. The van der Waals surface area contributed by atoms with Crippen LogP contribution in [0, 0.1) is 27.7 Å². The average Bonchev–Trinajstić information content (AvgIpc) is 3.20. The van der Waals surface area contributed by atoms with E-state index in [4.69, 9.17) is 22.3 Å². The van der Waals surface area contributed by atoms with E-state index in [1.807, 2.05) is 4.72 Å². The Morgan fingerprint density at radius 1 is 0.766 bits per heavy atom. The van der Waals surface area contributed by atoms with Gasteiger partial charge in [0.05, 0.1) is 47.6 Å². The predicted molar refractivity (Wildman–Crippen MR) is 291 cm³/mol. The molecule has 1 atom stereocenters. The number of carbonyl (C=O) groups excluding carboxylic acids is 1. The second-order valence-electron chi connectivity index (χ2n) is 14.4. The number of allylic oxidation sites excluding steroid dienone is 4. The maximum Gasteiger partial charge on any atom is 0.333 e. The summed E-state index contributed by atoms with van der Waals surface area (Å²) >= 11 is 0. The van der Waals surface area contributed by atoms with E-state index in [1.165, 1.54) is 36.4 Å². The third-order valence-corrected chi connectivity index (χ3v) is 12.1. The number of nitrogens with two attached hydrogens (primary N) is 4. The first-order valence-electron chi connectivity index (χ1n) is 19.3. The fourth-order valence-corrected chi connectivity index (χ4v) is 8.35. The summed E-state index contributed by atoms with van der Waals surface area (Å²) in [5.74, 6) is 0. The van der Waals surface area contributed by atoms with Crippen molar-refractivity contribution in [1.29, 1.82) is 0 Å². The minimum Gasteiger partial charge on any atom is -0.399 e. The Morgan fingerprint density at radius 2 is 1.22 bits per heavy atom. The van der Waals surface area contributed by atoms with E-state index in [0.717, 1.165) is 61.8 Å². The standard InChI is InChI=1S/C8H9N3O5S2.C7H11N3O4S2.C7H10N2O4S.C7H10N2O2S.C6H8N2O2.CH3ClO2S.CH3.Pd/c1-17(13,14)10-5-2-3-6-7(4-5)18(15,16)11-8(12)9-6;1-15(11,12)10-5-2-3-6(8)7(4-5)16(9,13)14;1-3-7(9(10)11)5-4-6-8-14(2,12)13;1-12(10,11)9-7-4-2-6(8)3-5-7;7-5-1-3-6(4-2-5)8(9)10;1-5(2,3)4;;/h2-4,10H,1H3,(H2,9,11,12);2-4,10H,8H2,1H3,(H2,9,13,14);3-6,8H,1H2,2H3;2-5,9H,8H2,1H3;1-3,6H,4,7H2;1H3;1H3;/q;;;;;;-1;/b;;6-4+,7-5+;;;;;. The average molecular weight is 1340 g/mol. The smallest absolute Gasteiger partial charge is 0.333 e. The van der Waals surface area contributed by atoms with Crippen LogP contribution in [0.5, 0.6) is 0 Å². The number of nitro groups is 2. The van der Waals surface area contributed by atoms with Crippen LogP contribution in [0.3, 0.4) is 0 Å². The van der Waals surface area contributed by atoms with Gasteiger partial charge < -0.3 is 29.9 Å². The maximum atomic E-state index is 11.7. The van der Waals surface area contributed by atoms with Crippen molar-refractivity contribution in [3.05, 3.63) is 149 Å². The molecule has 3 aromatic rings. The van der Waals surface area contributed by atoms with Crippen molar-refractivity contribution in [2.24, 2.45) is 10.9 Å². The Kier molecular flexibility index (Phi) is 30.8. The summed E-state index contributed by atoms with van der Waals surface area (Å²) in [6.07, 6.45) is 14.5. The first-order chi connectivity index (χ1) is 33.8. The van der Waals surface area contributed by atoms with Crippen molar-refractivity contribution >= 4 is 120 Å². The van der Waals surface area contributed by atoms with Gasteiger partial charge in [0, 0.05) is 89.2 Å². The second-order valence-corrected chi connectivity index (χ2v) is 27.7. The molecule has 0 bridgehead atoms. The third-order valence-electron chi connectivity index (χ3n) is 7.33. The summed E-state index contributed by atoms with van der Waals surface area (Å²) in [6, 6.07) is 12.5. The molecule has 1 heterocycles.